The molecule has 0 aliphatic rings. The number of halogens is 1. The zero-order valence-electron chi connectivity index (χ0n) is 15.9. The molecule has 0 unspecified atom stereocenters. The third-order valence-corrected chi connectivity index (χ3v) is 5.53. The second kappa shape index (κ2) is 7.97. The van der Waals surface area contributed by atoms with Crippen LogP contribution < -0.4 is 4.74 Å². The summed E-state index contributed by atoms with van der Waals surface area (Å²) in [6, 6.07) is 15.6. The standard InChI is InChI=1S/C23H22BrNO2/c1-15-5-9-20(14-22(15)24)25-16(2)13-19(17(25)3)8-12-23(26)18-6-10-21(27-4)11-7-18/h5-14H,1-4H3/b12-8+. The van der Waals surface area contributed by atoms with E-state index in [9.17, 15) is 4.79 Å². The molecule has 0 saturated carbocycles. The molecule has 0 amide bonds. The van der Waals surface area contributed by atoms with Crippen molar-refractivity contribution in [3.8, 4) is 11.4 Å². The maximum Gasteiger partial charge on any atom is 0.185 e. The highest BCUT2D eigenvalue weighted by atomic mass is 79.9. The lowest BCUT2D eigenvalue weighted by molar-refractivity contribution is 0.104. The van der Waals surface area contributed by atoms with E-state index in [-0.39, 0.29) is 5.78 Å². The van der Waals surface area contributed by atoms with E-state index in [2.05, 4.69) is 65.5 Å². The minimum absolute atomic E-state index is 0.0273. The summed E-state index contributed by atoms with van der Waals surface area (Å²) < 4.78 is 8.41. The van der Waals surface area contributed by atoms with Gasteiger partial charge in [0, 0.05) is 27.1 Å². The molecule has 138 valence electrons. The fraction of sp³-hybridized carbons (Fsp3) is 0.174. The molecule has 0 saturated heterocycles. The molecule has 1 aromatic heterocycles. The first-order valence-corrected chi connectivity index (χ1v) is 9.52. The lowest BCUT2D eigenvalue weighted by Gasteiger charge is -2.11. The normalized spacial score (nSPS) is 11.1. The maximum absolute atomic E-state index is 12.4. The van der Waals surface area contributed by atoms with Gasteiger partial charge in [-0.15, -0.1) is 0 Å². The van der Waals surface area contributed by atoms with Gasteiger partial charge in [-0.05, 0) is 86.5 Å². The van der Waals surface area contributed by atoms with Crippen molar-refractivity contribution >= 4 is 27.8 Å². The molecule has 1 heterocycles. The van der Waals surface area contributed by atoms with Crippen LogP contribution in [0.2, 0.25) is 0 Å². The number of benzene rings is 2. The van der Waals surface area contributed by atoms with Gasteiger partial charge in [0.25, 0.3) is 0 Å². The predicted octanol–water partition coefficient (Wildman–Crippen LogP) is 6.07. The maximum atomic E-state index is 12.4. The molecule has 3 rings (SSSR count). The first-order chi connectivity index (χ1) is 12.9. The van der Waals surface area contributed by atoms with Crippen molar-refractivity contribution in [2.45, 2.75) is 20.8 Å². The summed E-state index contributed by atoms with van der Waals surface area (Å²) in [6.45, 7) is 6.21. The van der Waals surface area contributed by atoms with Gasteiger partial charge in [0.1, 0.15) is 5.75 Å². The van der Waals surface area contributed by atoms with Gasteiger partial charge in [-0.25, -0.2) is 0 Å². The molecule has 4 heteroatoms. The van der Waals surface area contributed by atoms with Crippen LogP contribution in [-0.2, 0) is 0 Å². The third kappa shape index (κ3) is 4.06. The molecule has 0 fully saturated rings. The van der Waals surface area contributed by atoms with Crippen LogP contribution in [0.1, 0.15) is 32.9 Å². The summed E-state index contributed by atoms with van der Waals surface area (Å²) in [5.41, 5.74) is 6.20. The molecular weight excluding hydrogens is 402 g/mol. The van der Waals surface area contributed by atoms with Gasteiger partial charge < -0.3 is 9.30 Å². The second-order valence-electron chi connectivity index (χ2n) is 6.52. The lowest BCUT2D eigenvalue weighted by Crippen LogP contribution is -1.99. The Morgan fingerprint density at radius 1 is 1.04 bits per heavy atom. The molecule has 0 spiro atoms. The topological polar surface area (TPSA) is 31.2 Å². The molecule has 2 aromatic carbocycles. The van der Waals surface area contributed by atoms with Crippen molar-refractivity contribution in [3.05, 3.63) is 87.2 Å². The molecule has 3 nitrogen and oxygen atoms in total. The number of aromatic nitrogens is 1. The molecular formula is C23H22BrNO2. The second-order valence-corrected chi connectivity index (χ2v) is 7.38. The Hall–Kier alpha value is -2.59. The zero-order chi connectivity index (χ0) is 19.6. The van der Waals surface area contributed by atoms with Gasteiger partial charge in [-0.3, -0.25) is 4.79 Å². The van der Waals surface area contributed by atoms with Crippen molar-refractivity contribution in [1.82, 2.24) is 4.57 Å². The number of ketones is 1. The summed E-state index contributed by atoms with van der Waals surface area (Å²) in [6.07, 6.45) is 3.51. The van der Waals surface area contributed by atoms with E-state index in [1.165, 1.54) is 5.56 Å². The largest absolute Gasteiger partial charge is 0.497 e. The summed E-state index contributed by atoms with van der Waals surface area (Å²) in [4.78, 5) is 12.4. The van der Waals surface area contributed by atoms with Crippen LogP contribution in [0.15, 0.2) is 59.1 Å². The fourth-order valence-electron chi connectivity index (χ4n) is 3.09. The molecule has 0 N–H and O–H groups in total. The van der Waals surface area contributed by atoms with Gasteiger partial charge in [-0.2, -0.15) is 0 Å². The lowest BCUT2D eigenvalue weighted by atomic mass is 10.1. The Morgan fingerprint density at radius 2 is 1.74 bits per heavy atom. The van der Waals surface area contributed by atoms with Crippen LogP contribution in [0, 0.1) is 20.8 Å². The van der Waals surface area contributed by atoms with E-state index < -0.39 is 0 Å². The van der Waals surface area contributed by atoms with Gasteiger partial charge in [0.2, 0.25) is 0 Å². The van der Waals surface area contributed by atoms with Crippen molar-refractivity contribution < 1.29 is 9.53 Å². The molecule has 0 aliphatic carbocycles. The SMILES string of the molecule is COc1ccc(C(=O)/C=C/c2cc(C)n(-c3ccc(C)c(Br)c3)c2C)cc1. The van der Waals surface area contributed by atoms with Gasteiger partial charge >= 0.3 is 0 Å². The van der Waals surface area contributed by atoms with Crippen molar-refractivity contribution in [2.75, 3.05) is 7.11 Å². The number of methoxy groups -OCH3 is 1. The predicted molar refractivity (Wildman–Crippen MR) is 114 cm³/mol. The number of rotatable bonds is 5. The highest BCUT2D eigenvalue weighted by molar-refractivity contribution is 9.10. The monoisotopic (exact) mass is 423 g/mol. The van der Waals surface area contributed by atoms with E-state index in [0.717, 1.165) is 32.9 Å². The van der Waals surface area contributed by atoms with Crippen LogP contribution in [0.4, 0.5) is 0 Å². The van der Waals surface area contributed by atoms with Crippen LogP contribution in [0.25, 0.3) is 11.8 Å². The third-order valence-electron chi connectivity index (χ3n) is 4.67. The van der Waals surface area contributed by atoms with Gasteiger partial charge in [0.15, 0.2) is 5.78 Å². The first kappa shape index (κ1) is 19.2. The van der Waals surface area contributed by atoms with Crippen LogP contribution >= 0.6 is 15.9 Å². The number of allylic oxidation sites excluding steroid dienone is 1. The fourth-order valence-corrected chi connectivity index (χ4v) is 3.46. The number of ether oxygens (including phenoxy) is 1. The van der Waals surface area contributed by atoms with E-state index in [4.69, 9.17) is 4.74 Å². The van der Waals surface area contributed by atoms with Crippen LogP contribution in [0.5, 0.6) is 5.75 Å². The van der Waals surface area contributed by atoms with Crippen molar-refractivity contribution in [2.24, 2.45) is 0 Å². The minimum atomic E-state index is -0.0273. The van der Waals surface area contributed by atoms with Gasteiger partial charge in [0.05, 0.1) is 7.11 Å². The molecule has 0 bridgehead atoms. The van der Waals surface area contributed by atoms with E-state index >= 15 is 0 Å². The Kier molecular flexibility index (Phi) is 5.66. The van der Waals surface area contributed by atoms with Crippen molar-refractivity contribution in [1.29, 1.82) is 0 Å². The summed E-state index contributed by atoms with van der Waals surface area (Å²) >= 11 is 3.60. The average Bonchev–Trinajstić information content (AvgIpc) is 2.95. The number of hydrogen-bond donors (Lipinski definition) is 0. The van der Waals surface area contributed by atoms with Crippen molar-refractivity contribution in [3.63, 3.8) is 0 Å². The number of nitrogens with zero attached hydrogens (tertiary/aromatic N) is 1. The molecule has 27 heavy (non-hydrogen) atoms. The highest BCUT2D eigenvalue weighted by Gasteiger charge is 2.10. The minimum Gasteiger partial charge on any atom is -0.497 e. The summed E-state index contributed by atoms with van der Waals surface area (Å²) in [5, 5.41) is 0. The van der Waals surface area contributed by atoms with E-state index in [1.54, 1.807) is 37.5 Å². The Bertz CT molecular complexity index is 1010. The zero-order valence-corrected chi connectivity index (χ0v) is 17.5. The van der Waals surface area contributed by atoms with E-state index in [1.807, 2.05) is 6.08 Å². The number of aryl methyl sites for hydroxylation is 2. The average molecular weight is 424 g/mol. The summed E-state index contributed by atoms with van der Waals surface area (Å²) in [5.74, 6) is 0.712. The van der Waals surface area contributed by atoms with Crippen LogP contribution in [-0.4, -0.2) is 17.5 Å². The molecule has 0 radical (unpaired) electrons. The smallest absolute Gasteiger partial charge is 0.185 e. The number of carbonyl (C=O) groups excluding carboxylic acids is 1. The van der Waals surface area contributed by atoms with Crippen LogP contribution in [0.3, 0.4) is 0 Å². The molecule has 3 aromatic rings. The Labute approximate surface area is 168 Å². The number of hydrogen-bond acceptors (Lipinski definition) is 2. The Morgan fingerprint density at radius 3 is 2.37 bits per heavy atom. The molecule has 0 aliphatic heterocycles. The Balaban J connectivity index is 1.88. The summed E-state index contributed by atoms with van der Waals surface area (Å²) in [7, 11) is 1.61. The first-order valence-electron chi connectivity index (χ1n) is 8.72. The van der Waals surface area contributed by atoms with Gasteiger partial charge in [-0.1, -0.05) is 22.0 Å². The highest BCUT2D eigenvalue weighted by Crippen LogP contribution is 2.26. The van der Waals surface area contributed by atoms with E-state index in [0.29, 0.717) is 5.56 Å². The quantitative estimate of drug-likeness (QED) is 0.368. The molecule has 0 atom stereocenters. The number of carbonyl (C=O) groups is 1.